The number of nitrogens with one attached hydrogen (secondary N) is 1. The molecule has 1 aliphatic heterocycles. The van der Waals surface area contributed by atoms with Crippen LogP contribution in [0.25, 0.3) is 10.8 Å². The molecule has 4 aromatic carbocycles. The number of Topliss-reactive ketones (excluding diaryl/α,β-unsaturated/α-hetero) is 1. The number of para-hydroxylation sites is 1. The summed E-state index contributed by atoms with van der Waals surface area (Å²) in [6.07, 6.45) is 5.23. The van der Waals surface area contributed by atoms with Crippen molar-refractivity contribution in [2.24, 2.45) is 0 Å². The minimum atomic E-state index is -0.724. The summed E-state index contributed by atoms with van der Waals surface area (Å²) in [4.78, 5) is 26.0. The highest BCUT2D eigenvalue weighted by Crippen LogP contribution is 2.43. The number of methoxy groups -OCH3 is 1. The van der Waals surface area contributed by atoms with Crippen molar-refractivity contribution in [2.45, 2.75) is 24.7 Å². The number of ether oxygens (including phenoxy) is 1. The predicted octanol–water partition coefficient (Wildman–Crippen LogP) is 6.50. The van der Waals surface area contributed by atoms with Crippen LogP contribution in [0.1, 0.15) is 34.3 Å². The molecule has 0 aromatic heterocycles. The van der Waals surface area contributed by atoms with Gasteiger partial charge in [0.25, 0.3) is 0 Å². The number of carbonyl (C=O) groups excluding carboxylic acids is 2. The van der Waals surface area contributed by atoms with E-state index in [1.165, 1.54) is 5.39 Å². The van der Waals surface area contributed by atoms with Gasteiger partial charge in [-0.1, -0.05) is 72.8 Å². The monoisotopic (exact) mass is 461 g/mol. The average Bonchev–Trinajstić information content (AvgIpc) is 3.17. The number of fused-ring (bicyclic) bond motifs is 2. The molecule has 0 spiro atoms. The molecular formula is C31H27NO3. The molecule has 1 aliphatic rings. The first-order chi connectivity index (χ1) is 17.1. The summed E-state index contributed by atoms with van der Waals surface area (Å²) in [5, 5.41) is 5.42. The molecule has 4 heteroatoms. The lowest BCUT2D eigenvalue weighted by Gasteiger charge is -2.27. The van der Waals surface area contributed by atoms with Crippen molar-refractivity contribution in [3.63, 3.8) is 0 Å². The molecule has 0 fully saturated rings. The quantitative estimate of drug-likeness (QED) is 0.241. The van der Waals surface area contributed by atoms with E-state index in [1.807, 2.05) is 48.6 Å². The van der Waals surface area contributed by atoms with Gasteiger partial charge in [0.2, 0.25) is 5.91 Å². The van der Waals surface area contributed by atoms with Crippen molar-refractivity contribution < 1.29 is 14.3 Å². The van der Waals surface area contributed by atoms with E-state index in [0.717, 1.165) is 28.0 Å². The van der Waals surface area contributed by atoms with E-state index in [9.17, 15) is 9.59 Å². The molecule has 0 saturated heterocycles. The fourth-order valence-electron chi connectivity index (χ4n) is 4.89. The van der Waals surface area contributed by atoms with Crippen LogP contribution in [0.3, 0.4) is 0 Å². The minimum Gasteiger partial charge on any atom is -0.497 e. The van der Waals surface area contributed by atoms with E-state index in [2.05, 4.69) is 35.6 Å². The van der Waals surface area contributed by atoms with E-state index in [4.69, 9.17) is 4.74 Å². The topological polar surface area (TPSA) is 55.4 Å². The lowest BCUT2D eigenvalue weighted by molar-refractivity contribution is -0.120. The Morgan fingerprint density at radius 1 is 0.886 bits per heavy atom. The zero-order valence-corrected chi connectivity index (χ0v) is 19.7. The SMILES string of the molecule is COc1ccc(C(=O)C/C=C/C[C@@]2(Cc3ccc4ccccc4c3)C(=O)Nc3ccccc32)cc1. The van der Waals surface area contributed by atoms with Crippen LogP contribution in [0.2, 0.25) is 0 Å². The highest BCUT2D eigenvalue weighted by atomic mass is 16.5. The predicted molar refractivity (Wildman–Crippen MR) is 140 cm³/mol. The molecule has 0 radical (unpaired) electrons. The molecule has 1 atom stereocenters. The lowest BCUT2D eigenvalue weighted by atomic mass is 9.73. The van der Waals surface area contributed by atoms with Crippen molar-refractivity contribution in [3.8, 4) is 5.75 Å². The number of allylic oxidation sites excluding steroid dienone is 2. The molecular weight excluding hydrogens is 434 g/mol. The Balaban J connectivity index is 1.40. The van der Waals surface area contributed by atoms with Gasteiger partial charge in [-0.3, -0.25) is 9.59 Å². The van der Waals surface area contributed by atoms with E-state index in [-0.39, 0.29) is 18.1 Å². The van der Waals surface area contributed by atoms with Crippen LogP contribution in [-0.2, 0) is 16.6 Å². The Morgan fingerprint density at radius 2 is 1.63 bits per heavy atom. The van der Waals surface area contributed by atoms with Gasteiger partial charge in [0, 0.05) is 17.7 Å². The van der Waals surface area contributed by atoms with Gasteiger partial charge in [-0.15, -0.1) is 0 Å². The molecule has 4 nitrogen and oxygen atoms in total. The van der Waals surface area contributed by atoms with Crippen LogP contribution in [0.5, 0.6) is 5.75 Å². The molecule has 174 valence electrons. The van der Waals surface area contributed by atoms with Crippen LogP contribution in [0, 0.1) is 0 Å². The molecule has 5 rings (SSSR count). The maximum atomic E-state index is 13.4. The summed E-state index contributed by atoms with van der Waals surface area (Å²) in [5.74, 6) is 0.750. The first-order valence-corrected chi connectivity index (χ1v) is 11.8. The Labute approximate surface area is 205 Å². The summed E-state index contributed by atoms with van der Waals surface area (Å²) in [6.45, 7) is 0. The second kappa shape index (κ2) is 9.59. The zero-order chi connectivity index (χ0) is 24.3. The van der Waals surface area contributed by atoms with E-state index in [0.29, 0.717) is 18.4 Å². The highest BCUT2D eigenvalue weighted by Gasteiger charge is 2.45. The summed E-state index contributed by atoms with van der Waals surface area (Å²) in [7, 11) is 1.60. The van der Waals surface area contributed by atoms with Crippen LogP contribution in [0.15, 0.2) is 103 Å². The van der Waals surface area contributed by atoms with Crippen LogP contribution >= 0.6 is 0 Å². The largest absolute Gasteiger partial charge is 0.497 e. The van der Waals surface area contributed by atoms with Gasteiger partial charge < -0.3 is 10.1 Å². The molecule has 0 aliphatic carbocycles. The van der Waals surface area contributed by atoms with Gasteiger partial charge in [0.1, 0.15) is 5.75 Å². The molecule has 4 aromatic rings. The standard InChI is InChI=1S/C31H27NO3/c1-35-26-17-15-24(16-18-26)29(33)12-6-7-19-31(27-10-4-5-11-28(27)32-30(31)34)21-22-13-14-23-8-2-3-9-25(23)20-22/h2-11,13-18,20H,12,19,21H2,1H3,(H,32,34)/b7-6+/t31-/m0/s1. The molecule has 1 N–H and O–H groups in total. The van der Waals surface area contributed by atoms with Gasteiger partial charge in [-0.2, -0.15) is 0 Å². The molecule has 0 saturated carbocycles. The van der Waals surface area contributed by atoms with Gasteiger partial charge in [-0.05, 0) is 65.1 Å². The Hall–Kier alpha value is -4.18. The number of ketones is 1. The number of rotatable bonds is 8. The Morgan fingerprint density at radius 3 is 2.43 bits per heavy atom. The van der Waals surface area contributed by atoms with Crippen molar-refractivity contribution in [1.29, 1.82) is 0 Å². The van der Waals surface area contributed by atoms with Crippen molar-refractivity contribution in [1.82, 2.24) is 0 Å². The lowest BCUT2D eigenvalue weighted by Crippen LogP contribution is -2.36. The highest BCUT2D eigenvalue weighted by molar-refractivity contribution is 6.06. The second-order valence-corrected chi connectivity index (χ2v) is 8.97. The van der Waals surface area contributed by atoms with Crippen molar-refractivity contribution in [2.75, 3.05) is 12.4 Å². The molecule has 0 unspecified atom stereocenters. The molecule has 35 heavy (non-hydrogen) atoms. The van der Waals surface area contributed by atoms with Gasteiger partial charge in [0.05, 0.1) is 12.5 Å². The third kappa shape index (κ3) is 4.47. The third-order valence-electron chi connectivity index (χ3n) is 6.79. The van der Waals surface area contributed by atoms with E-state index < -0.39 is 5.41 Å². The van der Waals surface area contributed by atoms with Gasteiger partial charge in [-0.25, -0.2) is 0 Å². The van der Waals surface area contributed by atoms with Gasteiger partial charge >= 0.3 is 0 Å². The molecule has 0 bridgehead atoms. The van der Waals surface area contributed by atoms with E-state index >= 15 is 0 Å². The third-order valence-corrected chi connectivity index (χ3v) is 6.79. The number of amides is 1. The summed E-state index contributed by atoms with van der Waals surface area (Å²) < 4.78 is 5.16. The van der Waals surface area contributed by atoms with Crippen molar-refractivity contribution in [3.05, 3.63) is 120 Å². The first-order valence-electron chi connectivity index (χ1n) is 11.8. The maximum absolute atomic E-state index is 13.4. The number of carbonyl (C=O) groups is 2. The summed E-state index contributed by atoms with van der Waals surface area (Å²) >= 11 is 0. The van der Waals surface area contributed by atoms with Crippen LogP contribution < -0.4 is 10.1 Å². The smallest absolute Gasteiger partial charge is 0.235 e. The van der Waals surface area contributed by atoms with Crippen LogP contribution in [0.4, 0.5) is 5.69 Å². The zero-order valence-electron chi connectivity index (χ0n) is 19.7. The number of anilines is 1. The average molecular weight is 462 g/mol. The van der Waals surface area contributed by atoms with E-state index in [1.54, 1.807) is 31.4 Å². The number of hydrogen-bond acceptors (Lipinski definition) is 3. The number of benzene rings is 4. The Bertz CT molecular complexity index is 1420. The maximum Gasteiger partial charge on any atom is 0.235 e. The normalized spacial score (nSPS) is 16.9. The number of hydrogen-bond donors (Lipinski definition) is 1. The molecule has 1 heterocycles. The fourth-order valence-corrected chi connectivity index (χ4v) is 4.89. The van der Waals surface area contributed by atoms with Crippen molar-refractivity contribution >= 4 is 28.2 Å². The summed E-state index contributed by atoms with van der Waals surface area (Å²) in [5.41, 5.74) is 2.90. The Kier molecular flexibility index (Phi) is 6.19. The van der Waals surface area contributed by atoms with Crippen LogP contribution in [-0.4, -0.2) is 18.8 Å². The first kappa shape index (κ1) is 22.6. The molecule has 1 amide bonds. The fraction of sp³-hybridized carbons (Fsp3) is 0.161. The summed E-state index contributed by atoms with van der Waals surface area (Å²) in [6, 6.07) is 29.7. The second-order valence-electron chi connectivity index (χ2n) is 8.97. The minimum absolute atomic E-state index is 0.00186. The van der Waals surface area contributed by atoms with Gasteiger partial charge in [0.15, 0.2) is 5.78 Å².